The predicted molar refractivity (Wildman–Crippen MR) is 72.5 cm³/mol. The van der Waals surface area contributed by atoms with E-state index < -0.39 is 58.6 Å². The van der Waals surface area contributed by atoms with Crippen LogP contribution in [0, 0.1) is 5.92 Å². The Kier molecular flexibility index (Phi) is 3.98. The van der Waals surface area contributed by atoms with Gasteiger partial charge in [-0.1, -0.05) is 0 Å². The number of hydrogen-bond donors (Lipinski definition) is 2. The summed E-state index contributed by atoms with van der Waals surface area (Å²) in [5.74, 6) is -1.80. The molecule has 0 aromatic rings. The number of carbonyl (C=O) groups is 3. The zero-order chi connectivity index (χ0) is 18.7. The maximum atomic E-state index is 13.0. The van der Waals surface area contributed by atoms with Crippen LogP contribution in [0.1, 0.15) is 19.3 Å². The normalized spacial score (nSPS) is 30.4. The van der Waals surface area contributed by atoms with Gasteiger partial charge in [-0.25, -0.2) is 24.4 Å². The Hall–Kier alpha value is -1.90. The average molecular weight is 384 g/mol. The van der Waals surface area contributed by atoms with Gasteiger partial charge in [0.05, 0.1) is 6.04 Å². The number of hydrogen-bond acceptors (Lipinski definition) is 7. The molecule has 1 aliphatic carbocycles. The lowest BCUT2D eigenvalue weighted by Crippen LogP contribution is -2.55. The van der Waals surface area contributed by atoms with Crippen molar-refractivity contribution in [3.05, 3.63) is 0 Å². The van der Waals surface area contributed by atoms with Crippen molar-refractivity contribution in [3.63, 3.8) is 0 Å². The molecular weight excluding hydrogens is 370 g/mol. The fourth-order valence-electron chi connectivity index (χ4n) is 3.01. The van der Waals surface area contributed by atoms with Crippen molar-refractivity contribution in [2.24, 2.45) is 11.8 Å². The Labute approximate surface area is 140 Å². The summed E-state index contributed by atoms with van der Waals surface area (Å²) in [5, 5.41) is 0.497. The fourth-order valence-corrected chi connectivity index (χ4v) is 3.39. The first-order valence-electron chi connectivity index (χ1n) is 7.19. The van der Waals surface area contributed by atoms with E-state index in [1.54, 1.807) is 0 Å². The number of carbonyl (C=O) groups excluding carboxylic acids is 3. The zero-order valence-corrected chi connectivity index (χ0v) is 13.4. The maximum Gasteiger partial charge on any atom is 0.418 e. The highest BCUT2D eigenvalue weighted by atomic mass is 32.3. The first-order valence-corrected chi connectivity index (χ1v) is 8.56. The lowest BCUT2D eigenvalue weighted by molar-refractivity contribution is -0.150. The van der Waals surface area contributed by atoms with E-state index >= 15 is 0 Å². The molecule has 25 heavy (non-hydrogen) atoms. The van der Waals surface area contributed by atoms with Gasteiger partial charge in [-0.3, -0.25) is 14.1 Å². The first-order chi connectivity index (χ1) is 11.4. The number of hydrazine groups is 1. The molecule has 3 atom stereocenters. The van der Waals surface area contributed by atoms with Crippen LogP contribution in [0.25, 0.3) is 0 Å². The van der Waals surface area contributed by atoms with Crippen molar-refractivity contribution in [1.82, 2.24) is 15.0 Å². The van der Waals surface area contributed by atoms with Crippen molar-refractivity contribution in [1.29, 1.82) is 0 Å². The van der Waals surface area contributed by atoms with Crippen LogP contribution in [-0.4, -0.2) is 70.3 Å². The van der Waals surface area contributed by atoms with E-state index in [2.05, 4.69) is 4.28 Å². The number of halogens is 2. The highest BCUT2D eigenvalue weighted by Crippen LogP contribution is 2.49. The summed E-state index contributed by atoms with van der Waals surface area (Å²) >= 11 is 0. The predicted octanol–water partition coefficient (Wildman–Crippen LogP) is -1.13. The van der Waals surface area contributed by atoms with Gasteiger partial charge in [0.1, 0.15) is 12.0 Å². The molecular formula is C11H14F2N4O7S. The molecule has 1 unspecified atom stereocenters. The second kappa shape index (κ2) is 5.55. The number of piperidine rings is 1. The van der Waals surface area contributed by atoms with Gasteiger partial charge >= 0.3 is 16.4 Å². The van der Waals surface area contributed by atoms with Crippen LogP contribution in [0.3, 0.4) is 0 Å². The van der Waals surface area contributed by atoms with Crippen LogP contribution < -0.4 is 5.84 Å². The van der Waals surface area contributed by atoms with Crippen molar-refractivity contribution in [2.75, 3.05) is 6.54 Å². The third-order valence-electron chi connectivity index (χ3n) is 4.38. The van der Waals surface area contributed by atoms with Crippen LogP contribution >= 0.6 is 0 Å². The van der Waals surface area contributed by atoms with Crippen LogP contribution in [0.4, 0.5) is 13.6 Å². The number of nitrogens with two attached hydrogens (primary N) is 1. The van der Waals surface area contributed by atoms with E-state index in [1.807, 2.05) is 0 Å². The molecule has 3 N–H and O–H groups in total. The molecule has 0 aromatic heterocycles. The number of amides is 4. The largest absolute Gasteiger partial charge is 0.418 e. The summed E-state index contributed by atoms with van der Waals surface area (Å²) in [4.78, 5) is 37.2. The molecule has 2 saturated heterocycles. The first kappa shape index (κ1) is 17.9. The van der Waals surface area contributed by atoms with E-state index in [1.165, 1.54) is 0 Å². The molecule has 4 amide bonds. The number of rotatable bonds is 4. The minimum Gasteiger partial charge on any atom is -0.309 e. The Morgan fingerprint density at radius 2 is 1.92 bits per heavy atom. The summed E-state index contributed by atoms with van der Waals surface area (Å²) < 4.78 is 60.4. The third-order valence-corrected chi connectivity index (χ3v) is 4.73. The van der Waals surface area contributed by atoms with Crippen LogP contribution in [0.5, 0.6) is 0 Å². The van der Waals surface area contributed by atoms with Gasteiger partial charge in [0.2, 0.25) is 0 Å². The Morgan fingerprint density at radius 3 is 2.44 bits per heavy atom. The lowest BCUT2D eigenvalue weighted by Gasteiger charge is -2.31. The highest BCUT2D eigenvalue weighted by Gasteiger charge is 2.63. The standard InChI is InChI=1S/C11H14F2N4O7S/c12-11(13)3-6(11)8(18)16(14)9(19)7-2-1-5-4-15(7)10(20)17(5)24-25(21,22)23/h5-7H,1-4,14H2,(H,21,22,23)/t5-,6?,7+/m1/s1. The minimum atomic E-state index is -4.94. The second-order valence-corrected chi connectivity index (χ2v) is 7.08. The third kappa shape index (κ3) is 3.17. The number of nitrogens with zero attached hydrogens (tertiary/aromatic N) is 3. The van der Waals surface area contributed by atoms with Crippen molar-refractivity contribution < 1.29 is 40.4 Å². The van der Waals surface area contributed by atoms with Gasteiger partial charge in [-0.15, -0.1) is 4.28 Å². The highest BCUT2D eigenvalue weighted by molar-refractivity contribution is 7.80. The maximum absolute atomic E-state index is 13.0. The molecule has 1 saturated carbocycles. The minimum absolute atomic E-state index is 0.0165. The smallest absolute Gasteiger partial charge is 0.309 e. The molecule has 3 aliphatic rings. The van der Waals surface area contributed by atoms with Gasteiger partial charge in [0.15, 0.2) is 0 Å². The van der Waals surface area contributed by atoms with Crippen LogP contribution in [0.15, 0.2) is 0 Å². The van der Waals surface area contributed by atoms with E-state index in [0.717, 1.165) is 4.90 Å². The van der Waals surface area contributed by atoms with E-state index in [9.17, 15) is 31.6 Å². The summed E-state index contributed by atoms with van der Waals surface area (Å²) in [7, 11) is -4.94. The number of fused-ring (bicyclic) bond motifs is 2. The summed E-state index contributed by atoms with van der Waals surface area (Å²) in [6.45, 7) is -0.105. The fraction of sp³-hybridized carbons (Fsp3) is 0.727. The van der Waals surface area contributed by atoms with Crippen LogP contribution in [0.2, 0.25) is 0 Å². The summed E-state index contributed by atoms with van der Waals surface area (Å²) in [6.07, 6.45) is -0.559. The quantitative estimate of drug-likeness (QED) is 0.203. The van der Waals surface area contributed by atoms with Crippen molar-refractivity contribution in [3.8, 4) is 0 Å². The van der Waals surface area contributed by atoms with Gasteiger partial charge in [-0.05, 0) is 12.8 Å². The summed E-state index contributed by atoms with van der Waals surface area (Å²) in [6, 6.07) is -2.97. The number of alkyl halides is 2. The molecule has 2 heterocycles. The molecule has 0 aromatic carbocycles. The second-order valence-electron chi connectivity index (χ2n) is 6.07. The lowest BCUT2D eigenvalue weighted by atomic mass is 10.00. The Bertz CT molecular complexity index is 745. The number of imide groups is 1. The monoisotopic (exact) mass is 384 g/mol. The number of urea groups is 1. The van der Waals surface area contributed by atoms with E-state index in [0.29, 0.717) is 5.06 Å². The topological polar surface area (TPSA) is 151 Å². The van der Waals surface area contributed by atoms with Gasteiger partial charge in [0.25, 0.3) is 17.7 Å². The van der Waals surface area contributed by atoms with Gasteiger partial charge in [-0.2, -0.15) is 13.5 Å². The SMILES string of the molecule is NN(C(=O)C1CC1(F)F)C(=O)[C@@H]1CC[C@@H]2CN1C(=O)N2OS(=O)(=O)O. The molecule has 14 heteroatoms. The molecule has 3 rings (SSSR count). The molecule has 2 bridgehead atoms. The van der Waals surface area contributed by atoms with E-state index in [-0.39, 0.29) is 24.4 Å². The molecule has 11 nitrogen and oxygen atoms in total. The van der Waals surface area contributed by atoms with Gasteiger partial charge in [0, 0.05) is 13.0 Å². The average Bonchev–Trinajstić information content (AvgIpc) is 3.10. The zero-order valence-electron chi connectivity index (χ0n) is 12.5. The Morgan fingerprint density at radius 1 is 1.32 bits per heavy atom. The molecule has 0 spiro atoms. The van der Waals surface area contributed by atoms with E-state index in [4.69, 9.17) is 10.4 Å². The molecule has 3 fully saturated rings. The van der Waals surface area contributed by atoms with Gasteiger partial charge < -0.3 is 4.90 Å². The molecule has 2 aliphatic heterocycles. The van der Waals surface area contributed by atoms with Crippen LogP contribution in [-0.2, 0) is 24.3 Å². The molecule has 140 valence electrons. The van der Waals surface area contributed by atoms with Crippen molar-refractivity contribution >= 4 is 28.2 Å². The number of hydroxylamine groups is 2. The van der Waals surface area contributed by atoms with Crippen molar-refractivity contribution in [2.45, 2.75) is 37.3 Å². The molecule has 0 radical (unpaired) electrons. The Balaban J connectivity index is 1.71. The summed E-state index contributed by atoms with van der Waals surface area (Å²) in [5.41, 5.74) is 0.